The van der Waals surface area contributed by atoms with Crippen molar-refractivity contribution in [1.82, 2.24) is 0 Å². The Morgan fingerprint density at radius 3 is 2.47 bits per heavy atom. The minimum Gasteiger partial charge on any atom is -0.294 e. The van der Waals surface area contributed by atoms with E-state index < -0.39 is 0 Å². The Morgan fingerprint density at radius 1 is 1.12 bits per heavy atom. The third-order valence-corrected chi connectivity index (χ3v) is 2.98. The van der Waals surface area contributed by atoms with Crippen LogP contribution in [-0.4, -0.2) is 0 Å². The van der Waals surface area contributed by atoms with Crippen LogP contribution in [0.25, 0.3) is 0 Å². The maximum Gasteiger partial charge on any atom is 0.171 e. The Balaban J connectivity index is 2.22. The first kappa shape index (κ1) is 11.9. The van der Waals surface area contributed by atoms with Crippen molar-refractivity contribution < 1.29 is 9.47 Å². The summed E-state index contributed by atoms with van der Waals surface area (Å²) in [5, 5.41) is 0.751. The summed E-state index contributed by atoms with van der Waals surface area (Å²) < 4.78 is 11.9. The summed E-state index contributed by atoms with van der Waals surface area (Å²) in [4.78, 5) is 3.64. The highest BCUT2D eigenvalue weighted by Crippen LogP contribution is 2.22. The Morgan fingerprint density at radius 2 is 1.82 bits per heavy atom. The highest BCUT2D eigenvalue weighted by molar-refractivity contribution is 6.31. The van der Waals surface area contributed by atoms with Crippen LogP contribution in [0.3, 0.4) is 0 Å². The van der Waals surface area contributed by atoms with Gasteiger partial charge in [0.1, 0.15) is 0 Å². The van der Waals surface area contributed by atoms with Gasteiger partial charge in [-0.25, -0.2) is 0 Å². The van der Waals surface area contributed by atoms with Gasteiger partial charge in [0.25, 0.3) is 0 Å². The third kappa shape index (κ3) is 2.98. The fourth-order valence-corrected chi connectivity index (χ4v) is 1.90. The van der Waals surface area contributed by atoms with Crippen molar-refractivity contribution in [3.8, 4) is 5.75 Å². The SMILES string of the molecule is Cc1ccc(Cl)c(Cc2ccc(OF)cc2)c1. The Hall–Kier alpha value is -1.54. The minimum atomic E-state index is 0.212. The third-order valence-electron chi connectivity index (χ3n) is 2.61. The maximum atomic E-state index is 11.9. The summed E-state index contributed by atoms with van der Waals surface area (Å²) in [6, 6.07) is 12.8. The van der Waals surface area contributed by atoms with E-state index in [-0.39, 0.29) is 5.75 Å². The van der Waals surface area contributed by atoms with Crippen LogP contribution < -0.4 is 4.94 Å². The molecule has 0 saturated carbocycles. The molecule has 3 heteroatoms. The van der Waals surface area contributed by atoms with Crippen molar-refractivity contribution in [3.63, 3.8) is 0 Å². The van der Waals surface area contributed by atoms with Gasteiger partial charge >= 0.3 is 0 Å². The second-order valence-electron chi connectivity index (χ2n) is 3.99. The van der Waals surface area contributed by atoms with E-state index in [0.29, 0.717) is 0 Å². The lowest BCUT2D eigenvalue weighted by molar-refractivity contribution is -0.00621. The fourth-order valence-electron chi connectivity index (χ4n) is 1.72. The van der Waals surface area contributed by atoms with Crippen LogP contribution in [0.2, 0.25) is 5.02 Å². The van der Waals surface area contributed by atoms with Crippen molar-refractivity contribution in [2.75, 3.05) is 0 Å². The van der Waals surface area contributed by atoms with E-state index in [1.807, 2.05) is 31.2 Å². The predicted molar refractivity (Wildman–Crippen MR) is 67.2 cm³/mol. The molecule has 0 spiro atoms. The summed E-state index contributed by atoms with van der Waals surface area (Å²) in [6.45, 7) is 2.03. The summed E-state index contributed by atoms with van der Waals surface area (Å²) in [7, 11) is 0. The zero-order valence-electron chi connectivity index (χ0n) is 9.41. The largest absolute Gasteiger partial charge is 0.294 e. The van der Waals surface area contributed by atoms with Gasteiger partial charge in [0.2, 0.25) is 0 Å². The van der Waals surface area contributed by atoms with Crippen molar-refractivity contribution in [2.45, 2.75) is 13.3 Å². The summed E-state index contributed by atoms with van der Waals surface area (Å²) in [5.74, 6) is 0.212. The summed E-state index contributed by atoms with van der Waals surface area (Å²) in [5.41, 5.74) is 3.31. The molecule has 0 amide bonds. The zero-order valence-corrected chi connectivity index (χ0v) is 10.2. The zero-order chi connectivity index (χ0) is 12.3. The highest BCUT2D eigenvalue weighted by atomic mass is 35.5. The molecule has 88 valence electrons. The van der Waals surface area contributed by atoms with Crippen LogP contribution >= 0.6 is 11.6 Å². The second kappa shape index (κ2) is 5.19. The Kier molecular flexibility index (Phi) is 3.64. The fraction of sp³-hybridized carbons (Fsp3) is 0.143. The Labute approximate surface area is 105 Å². The monoisotopic (exact) mass is 250 g/mol. The normalized spacial score (nSPS) is 10.3. The van der Waals surface area contributed by atoms with Crippen molar-refractivity contribution >= 4 is 11.6 Å². The van der Waals surface area contributed by atoms with Crippen LogP contribution in [0.15, 0.2) is 42.5 Å². The lowest BCUT2D eigenvalue weighted by Gasteiger charge is -2.06. The molecule has 0 atom stereocenters. The van der Waals surface area contributed by atoms with Gasteiger partial charge in [-0.05, 0) is 42.7 Å². The molecule has 2 aromatic rings. The van der Waals surface area contributed by atoms with Crippen molar-refractivity contribution in [1.29, 1.82) is 0 Å². The standard InChI is InChI=1S/C14H12ClFO/c1-10-2-7-14(15)12(8-10)9-11-3-5-13(17-16)6-4-11/h2-8H,9H2,1H3. The van der Waals surface area contributed by atoms with Gasteiger partial charge in [0.05, 0.1) is 0 Å². The minimum absolute atomic E-state index is 0.212. The lowest BCUT2D eigenvalue weighted by Crippen LogP contribution is -1.90. The van der Waals surface area contributed by atoms with Crippen LogP contribution in [-0.2, 0) is 6.42 Å². The van der Waals surface area contributed by atoms with E-state index in [1.165, 1.54) is 5.56 Å². The Bertz CT molecular complexity index is 508. The number of rotatable bonds is 3. The number of hydrogen-bond donors (Lipinski definition) is 0. The molecule has 0 aliphatic carbocycles. The summed E-state index contributed by atoms with van der Waals surface area (Å²) in [6.07, 6.45) is 0.729. The molecular weight excluding hydrogens is 239 g/mol. The molecule has 0 aliphatic heterocycles. The molecule has 2 aromatic carbocycles. The van der Waals surface area contributed by atoms with Crippen LogP contribution in [0.5, 0.6) is 5.75 Å². The van der Waals surface area contributed by atoms with E-state index in [1.54, 1.807) is 12.1 Å². The van der Waals surface area contributed by atoms with Gasteiger partial charge in [0, 0.05) is 9.55 Å². The molecule has 1 nitrogen and oxygen atoms in total. The average Bonchev–Trinajstić information content (AvgIpc) is 2.35. The molecule has 0 heterocycles. The van der Waals surface area contributed by atoms with E-state index in [4.69, 9.17) is 11.6 Å². The molecule has 17 heavy (non-hydrogen) atoms. The first-order valence-corrected chi connectivity index (χ1v) is 5.69. The molecule has 0 aliphatic rings. The van der Waals surface area contributed by atoms with Crippen LogP contribution in [0.4, 0.5) is 4.53 Å². The van der Waals surface area contributed by atoms with E-state index in [9.17, 15) is 4.53 Å². The first-order valence-electron chi connectivity index (χ1n) is 5.31. The number of benzene rings is 2. The predicted octanol–water partition coefficient (Wildman–Crippen LogP) is 4.50. The van der Waals surface area contributed by atoms with Gasteiger partial charge in [-0.15, -0.1) is 0 Å². The van der Waals surface area contributed by atoms with Crippen molar-refractivity contribution in [2.24, 2.45) is 0 Å². The maximum absolute atomic E-state index is 11.9. The molecule has 0 radical (unpaired) electrons. The average molecular weight is 251 g/mol. The van der Waals surface area contributed by atoms with Gasteiger partial charge in [-0.1, -0.05) is 41.4 Å². The van der Waals surface area contributed by atoms with Crippen molar-refractivity contribution in [3.05, 3.63) is 64.2 Å². The summed E-state index contributed by atoms with van der Waals surface area (Å²) >= 11 is 6.12. The molecular formula is C14H12ClFO. The van der Waals surface area contributed by atoms with E-state index >= 15 is 0 Å². The van der Waals surface area contributed by atoms with E-state index in [0.717, 1.165) is 22.6 Å². The van der Waals surface area contributed by atoms with Gasteiger partial charge in [-0.3, -0.25) is 4.94 Å². The lowest BCUT2D eigenvalue weighted by atomic mass is 10.0. The quantitative estimate of drug-likeness (QED) is 0.779. The molecule has 0 unspecified atom stereocenters. The van der Waals surface area contributed by atoms with Gasteiger partial charge in [-0.2, -0.15) is 0 Å². The first-order chi connectivity index (χ1) is 8.19. The van der Waals surface area contributed by atoms with Gasteiger partial charge in [0.15, 0.2) is 5.75 Å². The molecule has 2 rings (SSSR count). The van der Waals surface area contributed by atoms with Gasteiger partial charge < -0.3 is 0 Å². The molecule has 0 N–H and O–H groups in total. The van der Waals surface area contributed by atoms with Crippen LogP contribution in [0.1, 0.15) is 16.7 Å². The topological polar surface area (TPSA) is 9.23 Å². The highest BCUT2D eigenvalue weighted by Gasteiger charge is 2.03. The smallest absolute Gasteiger partial charge is 0.171 e. The molecule has 0 fully saturated rings. The number of aryl methyl sites for hydroxylation is 1. The molecule has 0 aromatic heterocycles. The number of halogens is 2. The number of hydrogen-bond acceptors (Lipinski definition) is 1. The van der Waals surface area contributed by atoms with Crippen LogP contribution in [0, 0.1) is 6.92 Å². The molecule has 0 saturated heterocycles. The van der Waals surface area contributed by atoms with E-state index in [2.05, 4.69) is 11.0 Å². The second-order valence-corrected chi connectivity index (χ2v) is 4.40. The molecule has 0 bridgehead atoms.